The lowest BCUT2D eigenvalue weighted by molar-refractivity contribution is 0.387. The number of anilines is 1. The maximum absolute atomic E-state index is 13.6. The van der Waals surface area contributed by atoms with Crippen molar-refractivity contribution in [1.29, 1.82) is 0 Å². The molecule has 23 heavy (non-hydrogen) atoms. The van der Waals surface area contributed by atoms with Crippen LogP contribution in [0.25, 0.3) is 6.08 Å². The Balaban J connectivity index is 2.11. The molecule has 122 valence electrons. The van der Waals surface area contributed by atoms with E-state index < -0.39 is 15.8 Å². The summed E-state index contributed by atoms with van der Waals surface area (Å²) in [6, 6.07) is 10.7. The Bertz CT molecular complexity index is 801. The van der Waals surface area contributed by atoms with Gasteiger partial charge in [0.05, 0.1) is 25.3 Å². The number of hydrogen-bond acceptors (Lipinski definition) is 4. The van der Waals surface area contributed by atoms with Crippen LogP contribution in [0.4, 0.5) is 10.1 Å². The van der Waals surface area contributed by atoms with E-state index in [2.05, 4.69) is 4.72 Å². The van der Waals surface area contributed by atoms with Crippen LogP contribution in [0.2, 0.25) is 0 Å². The first-order valence-electron chi connectivity index (χ1n) is 6.62. The first kappa shape index (κ1) is 16.8. The Morgan fingerprint density at radius 3 is 2.30 bits per heavy atom. The summed E-state index contributed by atoms with van der Waals surface area (Å²) in [5.74, 6) is 0.0744. The monoisotopic (exact) mass is 337 g/mol. The molecule has 0 heterocycles. The minimum Gasteiger partial charge on any atom is -0.497 e. The lowest BCUT2D eigenvalue weighted by Gasteiger charge is -2.07. The van der Waals surface area contributed by atoms with E-state index in [4.69, 9.17) is 9.47 Å². The van der Waals surface area contributed by atoms with E-state index in [1.807, 2.05) is 0 Å². The van der Waals surface area contributed by atoms with Gasteiger partial charge in [-0.1, -0.05) is 12.1 Å². The van der Waals surface area contributed by atoms with E-state index in [0.29, 0.717) is 11.3 Å². The molecule has 2 rings (SSSR count). The summed E-state index contributed by atoms with van der Waals surface area (Å²) in [7, 11) is -0.872. The van der Waals surface area contributed by atoms with Gasteiger partial charge >= 0.3 is 0 Å². The standard InChI is InChI=1S/C16H16FNO4S/c1-21-14-6-3-12(4-7-14)9-10-23(19,20)18-13-5-8-16(22-2)15(17)11-13/h3-11,18H,1-2H3/b10-9+. The first-order valence-corrected chi connectivity index (χ1v) is 8.16. The van der Waals surface area contributed by atoms with Crippen LogP contribution in [0.5, 0.6) is 11.5 Å². The van der Waals surface area contributed by atoms with Crippen molar-refractivity contribution in [3.8, 4) is 11.5 Å². The molecule has 0 saturated carbocycles. The highest BCUT2D eigenvalue weighted by Crippen LogP contribution is 2.21. The highest BCUT2D eigenvalue weighted by atomic mass is 32.2. The average Bonchev–Trinajstić information content (AvgIpc) is 2.53. The van der Waals surface area contributed by atoms with Crippen LogP contribution in [-0.4, -0.2) is 22.6 Å². The molecule has 2 aromatic carbocycles. The molecule has 7 heteroatoms. The molecule has 2 aromatic rings. The molecule has 0 radical (unpaired) electrons. The van der Waals surface area contributed by atoms with Crippen LogP contribution in [0.3, 0.4) is 0 Å². The van der Waals surface area contributed by atoms with Crippen LogP contribution in [0.1, 0.15) is 5.56 Å². The fourth-order valence-electron chi connectivity index (χ4n) is 1.81. The minimum atomic E-state index is -3.75. The summed E-state index contributed by atoms with van der Waals surface area (Å²) in [5.41, 5.74) is 0.805. The SMILES string of the molecule is COc1ccc(/C=C/S(=O)(=O)Nc2ccc(OC)c(F)c2)cc1. The van der Waals surface area contributed by atoms with Crippen LogP contribution in [0.15, 0.2) is 47.9 Å². The zero-order valence-electron chi connectivity index (χ0n) is 12.6. The second-order valence-electron chi connectivity index (χ2n) is 4.57. The molecule has 0 aliphatic carbocycles. The predicted octanol–water partition coefficient (Wildman–Crippen LogP) is 3.26. The van der Waals surface area contributed by atoms with Crippen LogP contribution in [0, 0.1) is 5.82 Å². The molecule has 1 N–H and O–H groups in total. The molecular weight excluding hydrogens is 321 g/mol. The Hall–Kier alpha value is -2.54. The highest BCUT2D eigenvalue weighted by molar-refractivity contribution is 7.95. The zero-order chi connectivity index (χ0) is 16.9. The molecule has 0 saturated heterocycles. The highest BCUT2D eigenvalue weighted by Gasteiger charge is 2.09. The number of methoxy groups -OCH3 is 2. The van der Waals surface area contributed by atoms with Crippen LogP contribution in [-0.2, 0) is 10.0 Å². The molecule has 0 atom stereocenters. The normalized spacial score (nSPS) is 11.4. The average molecular weight is 337 g/mol. The molecule has 0 fully saturated rings. The third kappa shape index (κ3) is 4.72. The number of hydrogen-bond donors (Lipinski definition) is 1. The van der Waals surface area contributed by atoms with E-state index in [9.17, 15) is 12.8 Å². The number of nitrogens with one attached hydrogen (secondary N) is 1. The molecular formula is C16H16FNO4S. The van der Waals surface area contributed by atoms with Crippen LogP contribution >= 0.6 is 0 Å². The Morgan fingerprint density at radius 2 is 1.74 bits per heavy atom. The third-order valence-corrected chi connectivity index (χ3v) is 3.98. The number of benzene rings is 2. The molecule has 0 aliphatic heterocycles. The quantitative estimate of drug-likeness (QED) is 0.879. The largest absolute Gasteiger partial charge is 0.497 e. The number of halogens is 1. The summed E-state index contributed by atoms with van der Waals surface area (Å²) in [5, 5.41) is 1.01. The molecule has 0 unspecified atom stereocenters. The molecule has 0 bridgehead atoms. The van der Waals surface area contributed by atoms with Crippen molar-refractivity contribution < 1.29 is 22.3 Å². The minimum absolute atomic E-state index is 0.0433. The summed E-state index contributed by atoms with van der Waals surface area (Å²) in [6.07, 6.45) is 1.43. The van der Waals surface area contributed by atoms with E-state index in [1.165, 1.54) is 25.3 Å². The van der Waals surface area contributed by atoms with Crippen molar-refractivity contribution >= 4 is 21.8 Å². The van der Waals surface area contributed by atoms with Crippen molar-refractivity contribution in [2.24, 2.45) is 0 Å². The van der Waals surface area contributed by atoms with Gasteiger partial charge < -0.3 is 9.47 Å². The van der Waals surface area contributed by atoms with Crippen molar-refractivity contribution in [2.75, 3.05) is 18.9 Å². The topological polar surface area (TPSA) is 64.6 Å². The van der Waals surface area contributed by atoms with E-state index >= 15 is 0 Å². The number of rotatable bonds is 6. The maximum atomic E-state index is 13.6. The zero-order valence-corrected chi connectivity index (χ0v) is 13.4. The lowest BCUT2D eigenvalue weighted by atomic mass is 10.2. The van der Waals surface area contributed by atoms with Gasteiger partial charge in [-0.25, -0.2) is 12.8 Å². The van der Waals surface area contributed by atoms with Crippen LogP contribution < -0.4 is 14.2 Å². The molecule has 0 aliphatic rings. The van der Waals surface area contributed by atoms with E-state index in [-0.39, 0.29) is 11.4 Å². The van der Waals surface area contributed by atoms with Crippen molar-refractivity contribution in [3.63, 3.8) is 0 Å². The van der Waals surface area contributed by atoms with Gasteiger partial charge in [0.1, 0.15) is 5.75 Å². The smallest absolute Gasteiger partial charge is 0.255 e. The predicted molar refractivity (Wildman–Crippen MR) is 87.5 cm³/mol. The van der Waals surface area contributed by atoms with E-state index in [0.717, 1.165) is 11.5 Å². The molecule has 0 spiro atoms. The Labute approximate surface area is 134 Å². The van der Waals surface area contributed by atoms with Gasteiger partial charge in [0.15, 0.2) is 11.6 Å². The molecule has 5 nitrogen and oxygen atoms in total. The van der Waals surface area contributed by atoms with Gasteiger partial charge in [-0.05, 0) is 35.9 Å². The number of sulfonamides is 1. The van der Waals surface area contributed by atoms with Crippen molar-refractivity contribution in [2.45, 2.75) is 0 Å². The van der Waals surface area contributed by atoms with Crippen molar-refractivity contribution in [1.82, 2.24) is 0 Å². The second kappa shape index (κ2) is 7.15. The summed E-state index contributed by atoms with van der Waals surface area (Å²) < 4.78 is 49.6. The lowest BCUT2D eigenvalue weighted by Crippen LogP contribution is -2.09. The number of ether oxygens (including phenoxy) is 2. The summed E-state index contributed by atoms with van der Waals surface area (Å²) in [4.78, 5) is 0. The van der Waals surface area contributed by atoms with Gasteiger partial charge in [-0.15, -0.1) is 0 Å². The van der Waals surface area contributed by atoms with Gasteiger partial charge in [0, 0.05) is 6.07 Å². The first-order chi connectivity index (χ1) is 10.9. The van der Waals surface area contributed by atoms with Gasteiger partial charge in [0.2, 0.25) is 0 Å². The van der Waals surface area contributed by atoms with Gasteiger partial charge in [-0.3, -0.25) is 4.72 Å². The third-order valence-electron chi connectivity index (χ3n) is 2.97. The summed E-state index contributed by atoms with van der Waals surface area (Å²) in [6.45, 7) is 0. The van der Waals surface area contributed by atoms with E-state index in [1.54, 1.807) is 31.4 Å². The fraction of sp³-hybridized carbons (Fsp3) is 0.125. The fourth-order valence-corrected chi connectivity index (χ4v) is 2.67. The van der Waals surface area contributed by atoms with Gasteiger partial charge in [0.25, 0.3) is 10.0 Å². The second-order valence-corrected chi connectivity index (χ2v) is 6.14. The Kier molecular flexibility index (Phi) is 5.23. The Morgan fingerprint density at radius 1 is 1.04 bits per heavy atom. The molecule has 0 aromatic heterocycles. The van der Waals surface area contributed by atoms with Gasteiger partial charge in [-0.2, -0.15) is 0 Å². The maximum Gasteiger partial charge on any atom is 0.255 e. The van der Waals surface area contributed by atoms with Crippen molar-refractivity contribution in [3.05, 3.63) is 59.3 Å². The molecule has 0 amide bonds. The summed E-state index contributed by atoms with van der Waals surface area (Å²) >= 11 is 0.